The van der Waals surface area contributed by atoms with E-state index in [2.05, 4.69) is 17.1 Å². The summed E-state index contributed by atoms with van der Waals surface area (Å²) in [5.74, 6) is 1.52. The van der Waals surface area contributed by atoms with Crippen molar-refractivity contribution in [2.45, 2.75) is 26.4 Å². The van der Waals surface area contributed by atoms with Gasteiger partial charge in [0.25, 0.3) is 0 Å². The van der Waals surface area contributed by atoms with E-state index in [1.165, 1.54) is 0 Å². The summed E-state index contributed by atoms with van der Waals surface area (Å²) in [7, 11) is 0. The van der Waals surface area contributed by atoms with Crippen molar-refractivity contribution in [3.63, 3.8) is 0 Å². The summed E-state index contributed by atoms with van der Waals surface area (Å²) >= 11 is 0. The second-order valence-electron chi connectivity index (χ2n) is 5.80. The van der Waals surface area contributed by atoms with Crippen LogP contribution in [0.1, 0.15) is 25.5 Å². The summed E-state index contributed by atoms with van der Waals surface area (Å²) in [4.78, 5) is 0. The van der Waals surface area contributed by atoms with Crippen molar-refractivity contribution in [1.29, 1.82) is 0 Å². The topological polar surface area (TPSA) is 73.2 Å². The number of benzene rings is 2. The van der Waals surface area contributed by atoms with Crippen LogP contribution in [0.5, 0.6) is 11.5 Å². The average Bonchev–Trinajstić information content (AvgIpc) is 3.10. The Hall–Kier alpha value is -2.95. The van der Waals surface area contributed by atoms with Crippen LogP contribution in [-0.2, 0) is 6.61 Å². The normalized spacial score (nSPS) is 10.6. The second-order valence-corrected chi connectivity index (χ2v) is 5.80. The highest BCUT2D eigenvalue weighted by molar-refractivity contribution is 5.67. The molecule has 0 radical (unpaired) electrons. The molecule has 5 heteroatoms. The number of rotatable bonds is 8. The van der Waals surface area contributed by atoms with Crippen molar-refractivity contribution in [1.82, 2.24) is 10.2 Å². The van der Waals surface area contributed by atoms with E-state index in [4.69, 9.17) is 15.2 Å². The first-order chi connectivity index (χ1) is 12.3. The maximum absolute atomic E-state index is 5.89. The average molecular weight is 337 g/mol. The van der Waals surface area contributed by atoms with Gasteiger partial charge in [-0.1, -0.05) is 37.6 Å². The number of ether oxygens (including phenoxy) is 2. The Balaban J connectivity index is 1.70. The zero-order valence-electron chi connectivity index (χ0n) is 14.4. The van der Waals surface area contributed by atoms with Crippen LogP contribution in [-0.4, -0.2) is 16.8 Å². The van der Waals surface area contributed by atoms with Crippen LogP contribution in [0.3, 0.4) is 0 Å². The number of unbranched alkanes of at least 4 members (excludes halogenated alkanes) is 1. The highest BCUT2D eigenvalue weighted by Gasteiger charge is 2.10. The van der Waals surface area contributed by atoms with Crippen molar-refractivity contribution < 1.29 is 9.47 Å². The first-order valence-corrected chi connectivity index (χ1v) is 8.51. The number of nitrogens with zero attached hydrogens (tertiary/aromatic N) is 1. The number of nitrogen functional groups attached to an aromatic ring is 1. The number of hydrogen-bond donors (Lipinski definition) is 2. The molecular weight excluding hydrogens is 314 g/mol. The molecule has 130 valence electrons. The first kappa shape index (κ1) is 16.9. The van der Waals surface area contributed by atoms with Gasteiger partial charge in [0.2, 0.25) is 0 Å². The molecule has 1 aromatic heterocycles. The molecular formula is C20H23N3O2. The Morgan fingerprint density at radius 2 is 1.76 bits per heavy atom. The van der Waals surface area contributed by atoms with Crippen molar-refractivity contribution >= 4 is 5.69 Å². The third kappa shape index (κ3) is 4.32. The molecule has 0 saturated carbocycles. The highest BCUT2D eigenvalue weighted by Crippen LogP contribution is 2.29. The maximum atomic E-state index is 5.89. The van der Waals surface area contributed by atoms with E-state index >= 15 is 0 Å². The van der Waals surface area contributed by atoms with Gasteiger partial charge in [-0.25, -0.2) is 0 Å². The van der Waals surface area contributed by atoms with Gasteiger partial charge in [-0.2, -0.15) is 5.10 Å². The fourth-order valence-electron chi connectivity index (χ4n) is 2.47. The lowest BCUT2D eigenvalue weighted by molar-refractivity contribution is 0.303. The molecule has 0 fully saturated rings. The Morgan fingerprint density at radius 1 is 1.00 bits per heavy atom. The Kier molecular flexibility index (Phi) is 5.57. The number of aromatic nitrogens is 2. The molecule has 25 heavy (non-hydrogen) atoms. The minimum Gasteiger partial charge on any atom is -0.493 e. The molecule has 1 heterocycles. The van der Waals surface area contributed by atoms with Crippen molar-refractivity contribution in [2.24, 2.45) is 0 Å². The summed E-state index contributed by atoms with van der Waals surface area (Å²) in [6, 6.07) is 17.4. The molecule has 0 bridgehead atoms. The van der Waals surface area contributed by atoms with Crippen LogP contribution >= 0.6 is 0 Å². The lowest BCUT2D eigenvalue weighted by Gasteiger charge is -2.09. The lowest BCUT2D eigenvalue weighted by Crippen LogP contribution is -1.98. The van der Waals surface area contributed by atoms with Gasteiger partial charge in [0.1, 0.15) is 18.1 Å². The summed E-state index contributed by atoms with van der Waals surface area (Å²) < 4.78 is 11.6. The molecule has 2 aromatic carbocycles. The maximum Gasteiger partial charge on any atom is 0.142 e. The molecule has 5 nitrogen and oxygen atoms in total. The SMILES string of the molecule is CCCCOc1ccccc1-c1cc(COc2ccccc2N)[nH]n1. The molecule has 0 amide bonds. The third-order valence-corrected chi connectivity index (χ3v) is 3.85. The standard InChI is InChI=1S/C20H23N3O2/c1-2-3-12-24-19-10-6-4-8-16(19)18-13-15(22-23-18)14-25-20-11-7-5-9-17(20)21/h4-11,13H,2-3,12,14,21H2,1H3,(H,22,23). The predicted octanol–water partition coefficient (Wildman–Crippen LogP) is 4.42. The number of nitrogens with two attached hydrogens (primary N) is 1. The van der Waals surface area contributed by atoms with Gasteiger partial charge < -0.3 is 15.2 Å². The number of para-hydroxylation sites is 3. The van der Waals surface area contributed by atoms with Crippen molar-refractivity contribution in [3.05, 3.63) is 60.3 Å². The molecule has 0 aliphatic rings. The van der Waals surface area contributed by atoms with E-state index in [0.717, 1.165) is 35.5 Å². The predicted molar refractivity (Wildman–Crippen MR) is 99.6 cm³/mol. The Bertz CT molecular complexity index is 814. The monoisotopic (exact) mass is 337 g/mol. The number of anilines is 1. The summed E-state index contributed by atoms with van der Waals surface area (Å²) in [5.41, 5.74) is 9.20. The minimum atomic E-state index is 0.375. The quantitative estimate of drug-likeness (QED) is 0.471. The van der Waals surface area contributed by atoms with E-state index in [1.54, 1.807) is 0 Å². The summed E-state index contributed by atoms with van der Waals surface area (Å²) in [6.07, 6.45) is 2.14. The largest absolute Gasteiger partial charge is 0.493 e. The smallest absolute Gasteiger partial charge is 0.142 e. The van der Waals surface area contributed by atoms with Gasteiger partial charge in [0.15, 0.2) is 0 Å². The molecule has 0 unspecified atom stereocenters. The van der Waals surface area contributed by atoms with Gasteiger partial charge in [-0.05, 0) is 36.8 Å². The van der Waals surface area contributed by atoms with Gasteiger partial charge in [0.05, 0.1) is 23.7 Å². The molecule has 3 N–H and O–H groups in total. The summed E-state index contributed by atoms with van der Waals surface area (Å²) in [6.45, 7) is 3.23. The molecule has 0 aliphatic carbocycles. The zero-order valence-corrected chi connectivity index (χ0v) is 14.4. The molecule has 3 rings (SSSR count). The van der Waals surface area contributed by atoms with E-state index < -0.39 is 0 Å². The minimum absolute atomic E-state index is 0.375. The molecule has 0 atom stereocenters. The number of nitrogens with one attached hydrogen (secondary N) is 1. The van der Waals surface area contributed by atoms with Gasteiger partial charge in [-0.3, -0.25) is 5.10 Å². The number of aromatic amines is 1. The number of H-pyrrole nitrogens is 1. The van der Waals surface area contributed by atoms with Crippen LogP contribution in [0, 0.1) is 0 Å². The highest BCUT2D eigenvalue weighted by atomic mass is 16.5. The van der Waals surface area contributed by atoms with Crippen LogP contribution in [0.4, 0.5) is 5.69 Å². The van der Waals surface area contributed by atoms with Crippen LogP contribution in [0.2, 0.25) is 0 Å². The third-order valence-electron chi connectivity index (χ3n) is 3.85. The molecule has 0 aliphatic heterocycles. The van der Waals surface area contributed by atoms with Crippen LogP contribution < -0.4 is 15.2 Å². The first-order valence-electron chi connectivity index (χ1n) is 8.51. The Labute approximate surface area is 147 Å². The van der Waals surface area contributed by atoms with Crippen molar-refractivity contribution in [3.8, 4) is 22.8 Å². The van der Waals surface area contributed by atoms with Gasteiger partial charge in [-0.15, -0.1) is 0 Å². The van der Waals surface area contributed by atoms with Gasteiger partial charge >= 0.3 is 0 Å². The summed E-state index contributed by atoms with van der Waals surface area (Å²) in [5, 5.41) is 7.41. The van der Waals surface area contributed by atoms with Crippen LogP contribution in [0.25, 0.3) is 11.3 Å². The molecule has 0 saturated heterocycles. The van der Waals surface area contributed by atoms with E-state index in [9.17, 15) is 0 Å². The van der Waals surface area contributed by atoms with E-state index in [0.29, 0.717) is 24.7 Å². The zero-order chi connectivity index (χ0) is 17.5. The Morgan fingerprint density at radius 3 is 2.56 bits per heavy atom. The molecule has 0 spiro atoms. The van der Waals surface area contributed by atoms with Crippen molar-refractivity contribution in [2.75, 3.05) is 12.3 Å². The van der Waals surface area contributed by atoms with Gasteiger partial charge in [0, 0.05) is 5.56 Å². The van der Waals surface area contributed by atoms with Crippen LogP contribution in [0.15, 0.2) is 54.6 Å². The molecule has 3 aromatic rings. The fourth-order valence-corrected chi connectivity index (χ4v) is 2.47. The fraction of sp³-hybridized carbons (Fsp3) is 0.250. The number of hydrogen-bond acceptors (Lipinski definition) is 4. The van der Waals surface area contributed by atoms with E-state index in [-0.39, 0.29) is 0 Å². The lowest BCUT2D eigenvalue weighted by atomic mass is 10.1. The van der Waals surface area contributed by atoms with E-state index in [1.807, 2.05) is 54.6 Å². The second kappa shape index (κ2) is 8.24.